The summed E-state index contributed by atoms with van der Waals surface area (Å²) >= 11 is 0. The highest BCUT2D eigenvalue weighted by Gasteiger charge is 2.30. The fourth-order valence-electron chi connectivity index (χ4n) is 3.70. The van der Waals surface area contributed by atoms with E-state index < -0.39 is 12.2 Å². The molecule has 1 aliphatic heterocycles. The zero-order chi connectivity index (χ0) is 23.8. The molecule has 1 heterocycles. The molecule has 0 fully saturated rings. The van der Waals surface area contributed by atoms with E-state index in [-0.39, 0.29) is 12.5 Å². The van der Waals surface area contributed by atoms with Crippen LogP contribution in [-0.4, -0.2) is 36.2 Å². The van der Waals surface area contributed by atoms with Crippen LogP contribution in [0.1, 0.15) is 24.5 Å². The van der Waals surface area contributed by atoms with Gasteiger partial charge in [0.25, 0.3) is 5.91 Å². The van der Waals surface area contributed by atoms with Gasteiger partial charge >= 0.3 is 6.09 Å². The number of carbonyl (C=O) groups is 2. The van der Waals surface area contributed by atoms with E-state index in [2.05, 4.69) is 5.32 Å². The summed E-state index contributed by atoms with van der Waals surface area (Å²) in [6.45, 7) is 3.25. The Morgan fingerprint density at radius 1 is 1.06 bits per heavy atom. The molecule has 0 unspecified atom stereocenters. The van der Waals surface area contributed by atoms with Crippen molar-refractivity contribution in [3.8, 4) is 11.5 Å². The van der Waals surface area contributed by atoms with Crippen LogP contribution in [0.25, 0.3) is 0 Å². The molecule has 0 saturated heterocycles. The summed E-state index contributed by atoms with van der Waals surface area (Å²) < 4.78 is 17.1. The summed E-state index contributed by atoms with van der Waals surface area (Å²) in [5, 5.41) is 2.75. The first-order valence-electron chi connectivity index (χ1n) is 11.4. The monoisotopic (exact) mass is 460 g/mol. The van der Waals surface area contributed by atoms with Crippen LogP contribution in [0.4, 0.5) is 10.5 Å². The van der Waals surface area contributed by atoms with Crippen LogP contribution in [-0.2, 0) is 22.7 Å². The number of nitrogens with one attached hydrogen (secondary N) is 1. The van der Waals surface area contributed by atoms with Gasteiger partial charge in [-0.1, -0.05) is 55.5 Å². The Labute approximate surface area is 199 Å². The Morgan fingerprint density at radius 2 is 1.79 bits per heavy atom. The average Bonchev–Trinajstić information content (AvgIpc) is 3.00. The topological polar surface area (TPSA) is 77.1 Å². The zero-order valence-corrected chi connectivity index (χ0v) is 19.1. The van der Waals surface area contributed by atoms with E-state index in [1.54, 1.807) is 17.0 Å². The van der Waals surface area contributed by atoms with E-state index in [4.69, 9.17) is 14.2 Å². The fourth-order valence-corrected chi connectivity index (χ4v) is 3.70. The maximum Gasteiger partial charge on any atom is 0.411 e. The first-order valence-corrected chi connectivity index (χ1v) is 11.4. The summed E-state index contributed by atoms with van der Waals surface area (Å²) in [6, 6.07) is 24.3. The molecule has 7 heteroatoms. The molecule has 34 heavy (non-hydrogen) atoms. The zero-order valence-electron chi connectivity index (χ0n) is 19.1. The van der Waals surface area contributed by atoms with E-state index in [0.717, 1.165) is 16.9 Å². The van der Waals surface area contributed by atoms with Gasteiger partial charge in [-0.15, -0.1) is 0 Å². The molecular weight excluding hydrogens is 432 g/mol. The van der Waals surface area contributed by atoms with E-state index in [0.29, 0.717) is 37.6 Å². The van der Waals surface area contributed by atoms with Gasteiger partial charge in [0, 0.05) is 17.8 Å². The maximum atomic E-state index is 13.0. The van der Waals surface area contributed by atoms with Crippen LogP contribution in [0.2, 0.25) is 0 Å². The molecule has 1 atom stereocenters. The van der Waals surface area contributed by atoms with Gasteiger partial charge in [0.15, 0.2) is 6.10 Å². The number of ether oxygens (including phenoxy) is 3. The Kier molecular flexibility index (Phi) is 7.65. The first-order chi connectivity index (χ1) is 16.6. The third-order valence-electron chi connectivity index (χ3n) is 5.48. The molecule has 3 aromatic carbocycles. The van der Waals surface area contributed by atoms with Crippen LogP contribution in [0.15, 0.2) is 78.9 Å². The van der Waals surface area contributed by atoms with Gasteiger partial charge in [-0.05, 0) is 42.3 Å². The molecule has 3 aromatic rings. The molecule has 0 radical (unpaired) electrons. The highest BCUT2D eigenvalue weighted by atomic mass is 16.5. The Balaban J connectivity index is 1.41. The number of carbonyl (C=O) groups excluding carboxylic acids is 2. The van der Waals surface area contributed by atoms with Crippen molar-refractivity contribution >= 4 is 17.7 Å². The Morgan fingerprint density at radius 3 is 2.53 bits per heavy atom. The number of anilines is 1. The van der Waals surface area contributed by atoms with Crippen molar-refractivity contribution in [2.45, 2.75) is 32.6 Å². The van der Waals surface area contributed by atoms with E-state index in [1.165, 1.54) is 0 Å². The standard InChI is InChI=1S/C27H28N2O5/c1-2-24-26(30)29(15-16-32-23-11-7-4-8-12-23)18-21-17-22(13-14-25(21)34-24)28-27(31)33-19-20-9-5-3-6-10-20/h3-14,17,24H,2,15-16,18-19H2,1H3,(H,28,31)/t24-/m1/s1. The third kappa shape index (κ3) is 6.07. The van der Waals surface area contributed by atoms with Gasteiger partial charge in [0.05, 0.1) is 6.54 Å². The van der Waals surface area contributed by atoms with Crippen molar-refractivity contribution < 1.29 is 23.8 Å². The lowest BCUT2D eigenvalue weighted by Gasteiger charge is -2.23. The van der Waals surface area contributed by atoms with Gasteiger partial charge in [0.2, 0.25) is 0 Å². The Hall–Kier alpha value is -4.00. The molecule has 0 spiro atoms. The number of rotatable bonds is 8. The summed E-state index contributed by atoms with van der Waals surface area (Å²) in [5.41, 5.74) is 2.29. The molecule has 4 rings (SSSR count). The van der Waals surface area contributed by atoms with Gasteiger partial charge < -0.3 is 19.1 Å². The largest absolute Gasteiger partial charge is 0.492 e. The van der Waals surface area contributed by atoms with Crippen molar-refractivity contribution in [3.63, 3.8) is 0 Å². The number of para-hydroxylation sites is 1. The molecule has 0 aromatic heterocycles. The lowest BCUT2D eigenvalue weighted by molar-refractivity contribution is -0.138. The number of fused-ring (bicyclic) bond motifs is 1. The van der Waals surface area contributed by atoms with Gasteiger partial charge in [0.1, 0.15) is 24.7 Å². The lowest BCUT2D eigenvalue weighted by Crippen LogP contribution is -2.41. The SMILES string of the molecule is CC[C@H]1Oc2ccc(NC(=O)OCc3ccccc3)cc2CN(CCOc2ccccc2)C1=O. The second-order valence-corrected chi connectivity index (χ2v) is 7.95. The highest BCUT2D eigenvalue weighted by molar-refractivity contribution is 5.85. The molecule has 1 aliphatic rings. The molecule has 0 saturated carbocycles. The summed E-state index contributed by atoms with van der Waals surface area (Å²) in [6.07, 6.45) is -0.554. The second-order valence-electron chi connectivity index (χ2n) is 7.95. The highest BCUT2D eigenvalue weighted by Crippen LogP contribution is 2.29. The molecule has 7 nitrogen and oxygen atoms in total. The van der Waals surface area contributed by atoms with Crippen LogP contribution >= 0.6 is 0 Å². The molecule has 176 valence electrons. The predicted molar refractivity (Wildman–Crippen MR) is 129 cm³/mol. The van der Waals surface area contributed by atoms with E-state index in [9.17, 15) is 9.59 Å². The lowest BCUT2D eigenvalue weighted by atomic mass is 10.1. The third-order valence-corrected chi connectivity index (χ3v) is 5.48. The van der Waals surface area contributed by atoms with Crippen LogP contribution < -0.4 is 14.8 Å². The van der Waals surface area contributed by atoms with E-state index >= 15 is 0 Å². The number of hydrogen-bond acceptors (Lipinski definition) is 5. The predicted octanol–water partition coefficient (Wildman–Crippen LogP) is 5.01. The van der Waals surface area contributed by atoms with E-state index in [1.807, 2.05) is 73.7 Å². The van der Waals surface area contributed by atoms with Crippen molar-refractivity contribution in [2.75, 3.05) is 18.5 Å². The van der Waals surface area contributed by atoms with Gasteiger partial charge in [-0.25, -0.2) is 4.79 Å². The molecule has 0 aliphatic carbocycles. The molecule has 1 N–H and O–H groups in total. The first kappa shape index (κ1) is 23.2. The Bertz CT molecular complexity index is 1100. The maximum absolute atomic E-state index is 13.0. The minimum Gasteiger partial charge on any atom is -0.492 e. The summed E-state index contributed by atoms with van der Waals surface area (Å²) in [4.78, 5) is 27.0. The van der Waals surface area contributed by atoms with Crippen LogP contribution in [0.5, 0.6) is 11.5 Å². The number of hydrogen-bond donors (Lipinski definition) is 1. The van der Waals surface area contributed by atoms with Crippen molar-refractivity contribution in [1.82, 2.24) is 4.90 Å². The smallest absolute Gasteiger partial charge is 0.411 e. The molecule has 0 bridgehead atoms. The van der Waals surface area contributed by atoms with Crippen molar-refractivity contribution in [2.24, 2.45) is 0 Å². The number of benzene rings is 3. The number of nitrogens with zero attached hydrogens (tertiary/aromatic N) is 1. The second kappa shape index (κ2) is 11.2. The van der Waals surface area contributed by atoms with Crippen LogP contribution in [0, 0.1) is 0 Å². The van der Waals surface area contributed by atoms with Crippen molar-refractivity contribution in [1.29, 1.82) is 0 Å². The molecular formula is C27H28N2O5. The minimum atomic E-state index is -0.562. The quantitative estimate of drug-likeness (QED) is 0.511. The van der Waals surface area contributed by atoms with Crippen molar-refractivity contribution in [3.05, 3.63) is 90.0 Å². The van der Waals surface area contributed by atoms with Crippen LogP contribution in [0.3, 0.4) is 0 Å². The fraction of sp³-hybridized carbons (Fsp3) is 0.259. The average molecular weight is 461 g/mol. The summed E-state index contributed by atoms with van der Waals surface area (Å²) in [5.74, 6) is 1.32. The van der Waals surface area contributed by atoms with Gasteiger partial charge in [-0.2, -0.15) is 0 Å². The number of amides is 2. The van der Waals surface area contributed by atoms with Gasteiger partial charge in [-0.3, -0.25) is 10.1 Å². The minimum absolute atomic E-state index is 0.0767. The normalized spacial score (nSPS) is 15.0. The summed E-state index contributed by atoms with van der Waals surface area (Å²) in [7, 11) is 0. The molecule has 2 amide bonds.